The van der Waals surface area contributed by atoms with Gasteiger partial charge in [-0.2, -0.15) is 4.58 Å². The molecule has 0 aliphatic carbocycles. The second-order valence-electron chi connectivity index (χ2n) is 19.8. The van der Waals surface area contributed by atoms with E-state index in [4.69, 9.17) is 18.6 Å². The van der Waals surface area contributed by atoms with Crippen molar-refractivity contribution in [2.75, 3.05) is 36.3 Å². The molecule has 0 saturated carbocycles. The quantitative estimate of drug-likeness (QED) is 0.103. The predicted octanol–water partition coefficient (Wildman–Crippen LogP) is 10.7. The van der Waals surface area contributed by atoms with Gasteiger partial charge in [0, 0.05) is 64.4 Å². The fraction of sp³-hybridized carbons (Fsp3) is 0.194. The number of halogens is 1. The Morgan fingerprint density at radius 2 is 0.986 bits per heavy atom. The number of aliphatic imine (C=N–C) groups is 1. The molecular weight excluding hydrogens is 914 g/mol. The number of fused-ring (bicyclic) bond motifs is 9. The summed E-state index contributed by atoms with van der Waals surface area (Å²) < 4.78 is 36.4. The summed E-state index contributed by atoms with van der Waals surface area (Å²) in [4.78, 5) is 8.89. The molecule has 0 atom stereocenters. The van der Waals surface area contributed by atoms with Crippen LogP contribution in [0.25, 0.3) is 32.3 Å². The molecule has 3 heterocycles. The van der Waals surface area contributed by atoms with Crippen LogP contribution < -0.4 is 33.8 Å². The second-order valence-corrected chi connectivity index (χ2v) is 20.6. The number of hydrogen-bond acceptors (Lipinski definition) is 7. The number of nitrogens with zero attached hydrogens (tertiary/aromatic N) is 4. The summed E-state index contributed by atoms with van der Waals surface area (Å²) in [6, 6.07) is 59.3. The maximum absolute atomic E-state index is 8.49. The number of hydrogen-bond donors (Lipinski definition) is 1. The van der Waals surface area contributed by atoms with E-state index in [0.717, 1.165) is 11.4 Å². The van der Waals surface area contributed by atoms with Crippen molar-refractivity contribution in [3.8, 4) is 0 Å². The van der Waals surface area contributed by atoms with Crippen LogP contribution in [0.3, 0.4) is 0 Å². The summed E-state index contributed by atoms with van der Waals surface area (Å²) in [5.74, 6) is 0. The SMILES string of the molecule is C(=Nc1ccccc1)Nc1ccccc1.C=C1N(C)c2c(ccc3ccccc23)C1(C)C.CN1C(=CC=CC2=[N+](C)c3c(ccc4ccccc34)C2(C)C)C(C)(C)c2ccc3ccccc3c21.[O-][Cl+3]([O-])([O-])[O-]. The summed E-state index contributed by atoms with van der Waals surface area (Å²) in [6.45, 7) is 18.1. The lowest BCUT2D eigenvalue weighted by molar-refractivity contribution is -2.00. The molecule has 366 valence electrons. The lowest BCUT2D eigenvalue weighted by Crippen LogP contribution is -2.68. The number of likely N-dealkylation sites (N-methyl/N-ethyl adjacent to an activating group) is 2. The van der Waals surface area contributed by atoms with Gasteiger partial charge in [-0.15, -0.1) is 10.2 Å². The number of allylic oxidation sites excluding steroid dienone is 5. The summed E-state index contributed by atoms with van der Waals surface area (Å²) in [5.41, 5.74) is 13.9. The van der Waals surface area contributed by atoms with E-state index >= 15 is 0 Å². The fourth-order valence-electron chi connectivity index (χ4n) is 10.5. The zero-order valence-corrected chi connectivity index (χ0v) is 43.2. The van der Waals surface area contributed by atoms with Crippen molar-refractivity contribution in [1.29, 1.82) is 0 Å². The molecule has 8 aromatic rings. The third kappa shape index (κ3) is 10.2. The molecule has 0 unspecified atom stereocenters. The van der Waals surface area contributed by atoms with Crippen LogP contribution >= 0.6 is 0 Å². The number of rotatable bonds is 5. The van der Waals surface area contributed by atoms with E-state index in [1.807, 2.05) is 60.7 Å². The molecule has 10 heteroatoms. The molecule has 0 spiro atoms. The first kappa shape index (κ1) is 51.0. The standard InChI is InChI=1S/C33H33N2.C16H17N.C13H12N2.ClHO4/c1-32(2)26-20-18-22-12-7-9-14-24(22)30(26)34(5)28(32)16-11-17-29-33(3,4)27-21-19-23-13-8-10-15-25(23)31(27)35(29)6;1-11-16(2,3)14-10-9-12-7-5-6-8-13(12)15(14)17(11)4;1-3-7-12(8-4-1)14-11-15-13-9-5-2-6-10-13;2-1(3,4)5/h7-21H,1-6H3;5-10H,1H2,2-4H3;1-11H,(H,14,15);(H,2,3,4,5)/q+1;;;/p-1. The highest BCUT2D eigenvalue weighted by molar-refractivity contribution is 6.07. The maximum Gasteiger partial charge on any atom is 0.217 e. The van der Waals surface area contributed by atoms with E-state index < -0.39 is 10.2 Å². The van der Waals surface area contributed by atoms with Gasteiger partial charge in [0.05, 0.1) is 34.2 Å². The zero-order valence-electron chi connectivity index (χ0n) is 42.5. The Labute approximate surface area is 426 Å². The minimum absolute atomic E-state index is 0.0358. The number of benzene rings is 8. The zero-order chi connectivity index (χ0) is 51.6. The molecule has 0 radical (unpaired) electrons. The highest BCUT2D eigenvalue weighted by Crippen LogP contribution is 2.51. The normalized spacial score (nSPS) is 16.6. The average Bonchev–Trinajstić information content (AvgIpc) is 3.78. The van der Waals surface area contributed by atoms with Gasteiger partial charge in [0.1, 0.15) is 7.05 Å². The predicted molar refractivity (Wildman–Crippen MR) is 290 cm³/mol. The summed E-state index contributed by atoms with van der Waals surface area (Å²) >= 11 is 0. The molecule has 9 nitrogen and oxygen atoms in total. The first-order chi connectivity index (χ1) is 34.2. The molecule has 0 saturated heterocycles. The van der Waals surface area contributed by atoms with Gasteiger partial charge in [-0.1, -0.05) is 180 Å². The van der Waals surface area contributed by atoms with Crippen molar-refractivity contribution in [1.82, 2.24) is 0 Å². The van der Waals surface area contributed by atoms with Crippen molar-refractivity contribution >= 4 is 72.8 Å². The van der Waals surface area contributed by atoms with E-state index in [1.54, 1.807) is 6.34 Å². The van der Waals surface area contributed by atoms with Gasteiger partial charge < -0.3 is 15.1 Å². The Bertz CT molecular complexity index is 3420. The lowest BCUT2D eigenvalue weighted by Gasteiger charge is -2.23. The first-order valence-corrected chi connectivity index (χ1v) is 25.2. The molecule has 1 N–H and O–H groups in total. The van der Waals surface area contributed by atoms with Crippen LogP contribution in [-0.2, 0) is 16.2 Å². The van der Waals surface area contributed by atoms with E-state index in [1.165, 1.54) is 83.2 Å². The van der Waals surface area contributed by atoms with Crippen LogP contribution in [0, 0.1) is 10.2 Å². The van der Waals surface area contributed by atoms with Crippen molar-refractivity contribution < 1.29 is 33.5 Å². The Morgan fingerprint density at radius 3 is 1.54 bits per heavy atom. The number of anilines is 3. The summed E-state index contributed by atoms with van der Waals surface area (Å²) in [7, 11) is 1.59. The van der Waals surface area contributed by atoms with E-state index in [-0.39, 0.29) is 16.2 Å². The Balaban J connectivity index is 0.000000155. The van der Waals surface area contributed by atoms with Gasteiger partial charge in [-0.3, -0.25) is 0 Å². The molecule has 11 rings (SSSR count). The van der Waals surface area contributed by atoms with E-state index in [9.17, 15) is 0 Å². The summed E-state index contributed by atoms with van der Waals surface area (Å²) in [5, 5.41) is 10.9. The highest BCUT2D eigenvalue weighted by Gasteiger charge is 2.44. The van der Waals surface area contributed by atoms with Crippen molar-refractivity contribution in [3.05, 3.63) is 223 Å². The van der Waals surface area contributed by atoms with Crippen LogP contribution in [0.2, 0.25) is 0 Å². The van der Waals surface area contributed by atoms with E-state index in [0.29, 0.717) is 0 Å². The third-order valence-corrected chi connectivity index (χ3v) is 14.3. The van der Waals surface area contributed by atoms with Crippen LogP contribution in [0.15, 0.2) is 211 Å². The highest BCUT2D eigenvalue weighted by atomic mass is 35.7. The van der Waals surface area contributed by atoms with Gasteiger partial charge in [0.25, 0.3) is 0 Å². The molecule has 0 aromatic heterocycles. The van der Waals surface area contributed by atoms with Gasteiger partial charge >= 0.3 is 0 Å². The Kier molecular flexibility index (Phi) is 14.4. The van der Waals surface area contributed by atoms with Crippen molar-refractivity contribution in [3.63, 3.8) is 0 Å². The topological polar surface area (TPSA) is 126 Å². The molecule has 0 fully saturated rings. The molecular formula is C62H62ClN5O4. The first-order valence-electron chi connectivity index (χ1n) is 24.0. The maximum atomic E-state index is 8.49. The van der Waals surface area contributed by atoms with Gasteiger partial charge in [-0.25, -0.2) is 23.6 Å². The lowest BCUT2D eigenvalue weighted by atomic mass is 9.80. The molecule has 0 bridgehead atoms. The van der Waals surface area contributed by atoms with Gasteiger partial charge in [0.15, 0.2) is 5.71 Å². The molecule has 3 aliphatic heterocycles. The molecule has 3 aliphatic rings. The smallest absolute Gasteiger partial charge is 0.217 e. The molecule has 72 heavy (non-hydrogen) atoms. The number of nitrogens with one attached hydrogen (secondary N) is 1. The largest absolute Gasteiger partial charge is 0.347 e. The van der Waals surface area contributed by atoms with Crippen LogP contribution in [-0.4, -0.2) is 37.8 Å². The minimum atomic E-state index is -4.94. The van der Waals surface area contributed by atoms with Crippen molar-refractivity contribution in [2.45, 2.75) is 57.8 Å². The molecule has 8 aromatic carbocycles. The van der Waals surface area contributed by atoms with Crippen LogP contribution in [0.4, 0.5) is 28.4 Å². The van der Waals surface area contributed by atoms with Gasteiger partial charge in [-0.05, 0) is 77.5 Å². The van der Waals surface area contributed by atoms with Crippen LogP contribution in [0.1, 0.15) is 58.2 Å². The van der Waals surface area contributed by atoms with E-state index in [2.05, 4.69) is 221 Å². The van der Waals surface area contributed by atoms with Crippen LogP contribution in [0.5, 0.6) is 0 Å². The Hall–Kier alpha value is -7.37. The second kappa shape index (κ2) is 20.4. The Morgan fingerprint density at radius 1 is 0.542 bits per heavy atom. The minimum Gasteiger partial charge on any atom is -0.347 e. The molecule has 0 amide bonds. The average molecular weight is 977 g/mol. The number of para-hydroxylation sites is 2. The fourth-order valence-corrected chi connectivity index (χ4v) is 10.5. The third-order valence-electron chi connectivity index (χ3n) is 14.3. The summed E-state index contributed by atoms with van der Waals surface area (Å²) in [6.07, 6.45) is 8.58. The van der Waals surface area contributed by atoms with Crippen molar-refractivity contribution in [2.24, 2.45) is 4.99 Å². The monoisotopic (exact) mass is 975 g/mol. The van der Waals surface area contributed by atoms with Gasteiger partial charge in [0.2, 0.25) is 5.69 Å².